The number of amides is 1. The lowest BCUT2D eigenvalue weighted by Gasteiger charge is -2.43. The summed E-state index contributed by atoms with van der Waals surface area (Å²) in [5.41, 5.74) is 1.49. The van der Waals surface area contributed by atoms with Crippen LogP contribution in [0.2, 0.25) is 0 Å². The molecular formula is C21H25FN2O2. The van der Waals surface area contributed by atoms with E-state index in [4.69, 9.17) is 4.74 Å². The summed E-state index contributed by atoms with van der Waals surface area (Å²) in [7, 11) is 0. The monoisotopic (exact) mass is 356 g/mol. The van der Waals surface area contributed by atoms with Crippen molar-refractivity contribution in [3.05, 3.63) is 71.5 Å². The van der Waals surface area contributed by atoms with Crippen molar-refractivity contribution in [2.45, 2.75) is 25.4 Å². The number of carbonyl (C=O) groups is 1. The maximum absolute atomic E-state index is 13.8. The minimum absolute atomic E-state index is 0.230. The van der Waals surface area contributed by atoms with Gasteiger partial charge in [-0.2, -0.15) is 0 Å². The van der Waals surface area contributed by atoms with E-state index in [0.717, 1.165) is 24.1 Å². The third kappa shape index (κ3) is 4.22. The van der Waals surface area contributed by atoms with E-state index >= 15 is 0 Å². The fourth-order valence-electron chi connectivity index (χ4n) is 3.61. The molecular weight excluding hydrogens is 331 g/mol. The lowest BCUT2D eigenvalue weighted by Crippen LogP contribution is -2.55. The molecule has 1 amide bonds. The molecule has 0 spiro atoms. The number of hydrogen-bond donors (Lipinski definition) is 2. The zero-order chi connectivity index (χ0) is 18.4. The van der Waals surface area contributed by atoms with Gasteiger partial charge in [-0.15, -0.1) is 0 Å². The molecule has 0 aromatic heterocycles. The fraction of sp³-hybridized carbons (Fsp3) is 0.381. The zero-order valence-electron chi connectivity index (χ0n) is 15.0. The minimum atomic E-state index is -0.456. The highest BCUT2D eigenvalue weighted by Crippen LogP contribution is 2.36. The largest absolute Gasteiger partial charge is 0.445 e. The topological polar surface area (TPSA) is 50.4 Å². The molecule has 1 aliphatic heterocycles. The fourth-order valence-corrected chi connectivity index (χ4v) is 3.61. The molecule has 3 rings (SSSR count). The molecule has 138 valence electrons. The second-order valence-corrected chi connectivity index (χ2v) is 6.95. The summed E-state index contributed by atoms with van der Waals surface area (Å²) in [5.74, 6) is 0.0475. The van der Waals surface area contributed by atoms with Crippen molar-refractivity contribution in [3.63, 3.8) is 0 Å². The Hall–Kier alpha value is -2.40. The first-order valence-electron chi connectivity index (χ1n) is 9.01. The van der Waals surface area contributed by atoms with Crippen molar-refractivity contribution in [1.82, 2.24) is 10.6 Å². The highest BCUT2D eigenvalue weighted by atomic mass is 19.1. The Morgan fingerprint density at radius 3 is 2.81 bits per heavy atom. The molecule has 2 aromatic carbocycles. The van der Waals surface area contributed by atoms with E-state index in [-0.39, 0.29) is 17.8 Å². The van der Waals surface area contributed by atoms with Crippen molar-refractivity contribution in [2.75, 3.05) is 19.6 Å². The molecule has 1 heterocycles. The molecule has 1 aliphatic rings. The highest BCUT2D eigenvalue weighted by molar-refractivity contribution is 5.67. The van der Waals surface area contributed by atoms with Gasteiger partial charge in [0.05, 0.1) is 0 Å². The van der Waals surface area contributed by atoms with Gasteiger partial charge in [-0.05, 0) is 42.1 Å². The second-order valence-electron chi connectivity index (χ2n) is 6.95. The van der Waals surface area contributed by atoms with Gasteiger partial charge < -0.3 is 15.4 Å². The maximum atomic E-state index is 13.8. The van der Waals surface area contributed by atoms with E-state index in [2.05, 4.69) is 17.6 Å². The Bertz CT molecular complexity index is 738. The number of benzene rings is 2. The van der Waals surface area contributed by atoms with Gasteiger partial charge in [0, 0.05) is 18.5 Å². The molecule has 0 aliphatic carbocycles. The number of alkyl carbamates (subject to hydrolysis) is 1. The van der Waals surface area contributed by atoms with Crippen LogP contribution in [-0.4, -0.2) is 25.7 Å². The van der Waals surface area contributed by atoms with Crippen LogP contribution < -0.4 is 10.6 Å². The highest BCUT2D eigenvalue weighted by Gasteiger charge is 2.40. The molecule has 4 nitrogen and oxygen atoms in total. The average Bonchev–Trinajstić information content (AvgIpc) is 2.67. The van der Waals surface area contributed by atoms with Crippen molar-refractivity contribution in [2.24, 2.45) is 5.92 Å². The van der Waals surface area contributed by atoms with Crippen molar-refractivity contribution in [1.29, 1.82) is 0 Å². The third-order valence-corrected chi connectivity index (χ3v) is 5.30. The van der Waals surface area contributed by atoms with Crippen LogP contribution in [0.4, 0.5) is 9.18 Å². The van der Waals surface area contributed by atoms with Gasteiger partial charge in [-0.25, -0.2) is 9.18 Å². The number of halogens is 1. The van der Waals surface area contributed by atoms with Crippen LogP contribution in [0, 0.1) is 11.7 Å². The van der Waals surface area contributed by atoms with Crippen LogP contribution in [-0.2, 0) is 16.8 Å². The molecule has 1 fully saturated rings. The van der Waals surface area contributed by atoms with E-state index in [1.807, 2.05) is 36.4 Å². The summed E-state index contributed by atoms with van der Waals surface area (Å²) in [4.78, 5) is 12.2. The van der Waals surface area contributed by atoms with Crippen LogP contribution >= 0.6 is 0 Å². The molecule has 5 heteroatoms. The Labute approximate surface area is 153 Å². The molecule has 0 radical (unpaired) electrons. The van der Waals surface area contributed by atoms with Gasteiger partial charge in [0.15, 0.2) is 0 Å². The quantitative estimate of drug-likeness (QED) is 0.860. The summed E-state index contributed by atoms with van der Waals surface area (Å²) >= 11 is 0. The Kier molecular flexibility index (Phi) is 5.89. The van der Waals surface area contributed by atoms with Gasteiger partial charge >= 0.3 is 6.09 Å². The summed E-state index contributed by atoms with van der Waals surface area (Å²) in [5, 5.41) is 6.28. The first-order valence-corrected chi connectivity index (χ1v) is 9.01. The number of piperidine rings is 1. The van der Waals surface area contributed by atoms with E-state index in [0.29, 0.717) is 19.0 Å². The molecule has 2 aromatic rings. The molecule has 0 bridgehead atoms. The predicted molar refractivity (Wildman–Crippen MR) is 99.4 cm³/mol. The lowest BCUT2D eigenvalue weighted by molar-refractivity contribution is 0.131. The number of hydrogen-bond acceptors (Lipinski definition) is 3. The van der Waals surface area contributed by atoms with Gasteiger partial charge in [0.25, 0.3) is 0 Å². The average molecular weight is 356 g/mol. The van der Waals surface area contributed by atoms with Gasteiger partial charge in [-0.3, -0.25) is 0 Å². The van der Waals surface area contributed by atoms with Crippen LogP contribution in [0.1, 0.15) is 24.5 Å². The van der Waals surface area contributed by atoms with E-state index in [9.17, 15) is 9.18 Å². The first kappa shape index (κ1) is 18.4. The smallest absolute Gasteiger partial charge is 0.407 e. The Balaban J connectivity index is 1.67. The lowest BCUT2D eigenvalue weighted by atomic mass is 9.67. The number of nitrogens with one attached hydrogen (secondary N) is 2. The molecule has 1 saturated heterocycles. The molecule has 2 atom stereocenters. The number of rotatable bonds is 5. The van der Waals surface area contributed by atoms with E-state index in [1.54, 1.807) is 12.1 Å². The van der Waals surface area contributed by atoms with Crippen LogP contribution in [0.5, 0.6) is 0 Å². The first-order chi connectivity index (χ1) is 12.6. The molecule has 2 N–H and O–H groups in total. The van der Waals surface area contributed by atoms with Gasteiger partial charge in [0.1, 0.15) is 12.4 Å². The molecule has 0 saturated carbocycles. The minimum Gasteiger partial charge on any atom is -0.445 e. The number of ether oxygens (including phenoxy) is 1. The van der Waals surface area contributed by atoms with E-state index < -0.39 is 6.09 Å². The third-order valence-electron chi connectivity index (χ3n) is 5.30. The maximum Gasteiger partial charge on any atom is 0.407 e. The summed E-state index contributed by atoms with van der Waals surface area (Å²) in [6.07, 6.45) is 0.513. The van der Waals surface area contributed by atoms with Gasteiger partial charge in [-0.1, -0.05) is 49.4 Å². The van der Waals surface area contributed by atoms with E-state index in [1.165, 1.54) is 6.07 Å². The van der Waals surface area contributed by atoms with Crippen LogP contribution in [0.3, 0.4) is 0 Å². The normalized spacial score (nSPS) is 22.6. The molecule has 26 heavy (non-hydrogen) atoms. The predicted octanol–water partition coefficient (Wildman–Crippen LogP) is 3.62. The van der Waals surface area contributed by atoms with Crippen LogP contribution in [0.25, 0.3) is 0 Å². The SMILES string of the molecule is CC1CCNCC1(CNC(=O)OCc1ccccc1)c1cccc(F)c1. The summed E-state index contributed by atoms with van der Waals surface area (Å²) in [6, 6.07) is 16.2. The zero-order valence-corrected chi connectivity index (χ0v) is 15.0. The molecule has 2 unspecified atom stereocenters. The van der Waals surface area contributed by atoms with Crippen molar-refractivity contribution < 1.29 is 13.9 Å². The van der Waals surface area contributed by atoms with Crippen molar-refractivity contribution >= 4 is 6.09 Å². The van der Waals surface area contributed by atoms with Crippen LogP contribution in [0.15, 0.2) is 54.6 Å². The van der Waals surface area contributed by atoms with Gasteiger partial charge in [0.2, 0.25) is 0 Å². The Morgan fingerprint density at radius 2 is 2.08 bits per heavy atom. The summed E-state index contributed by atoms with van der Waals surface area (Å²) < 4.78 is 19.1. The Morgan fingerprint density at radius 1 is 1.27 bits per heavy atom. The second kappa shape index (κ2) is 8.32. The number of carbonyl (C=O) groups excluding carboxylic acids is 1. The standard InChI is InChI=1S/C21H25FN2O2/c1-16-10-11-23-14-21(16,18-8-5-9-19(22)12-18)15-24-20(25)26-13-17-6-3-2-4-7-17/h2-9,12,16,23H,10-11,13-15H2,1H3,(H,24,25). The van der Waals surface area contributed by atoms with Crippen molar-refractivity contribution in [3.8, 4) is 0 Å². The summed E-state index contributed by atoms with van der Waals surface area (Å²) in [6.45, 7) is 4.40.